The SMILES string of the molecule is CC(C)(C)OC(=O)NS(=O)(=O)N1CC(=CC#N)C1.CC(C)(C)OC(=O)NS(=O)(=O)N1CC(CC#N)(N2CCC(N(C(=O)OC(C)(C)C)[C@@H]3C[C@H]3c3ccccc3)CC2)C1.CCC1(N2CCC(C[C@@H]3C[C@H]3c3ccccc3)CC2)CN(S(=O)(=O)NC(=O)OC(C)(C)C)C1.CCC1(N2CCC(N(C(=O)OC(C)(C)C)[C@@H]3C[C@H]3c3ccccc3)CC2)CN(S(N)(=O)=O)C1. The summed E-state index contributed by atoms with van der Waals surface area (Å²) in [4.78, 5) is 73.0. The third-order valence-corrected chi connectivity index (χ3v) is 29.9. The average Bonchev–Trinajstić information content (AvgIpc) is 0.959. The monoisotopic (exact) mass is 1820 g/mol. The molecule has 7 saturated heterocycles. The van der Waals surface area contributed by atoms with Gasteiger partial charge in [-0.2, -0.15) is 61.4 Å². The third-order valence-electron chi connectivity index (χ3n) is 24.8. The number of nitriles is 2. The average molecular weight is 1820 g/mol. The lowest BCUT2D eigenvalue weighted by Crippen LogP contribution is -2.73. The van der Waals surface area contributed by atoms with Gasteiger partial charge in [-0.1, -0.05) is 105 Å². The van der Waals surface area contributed by atoms with Gasteiger partial charge in [-0.3, -0.25) is 14.7 Å². The van der Waals surface area contributed by atoms with Crippen LogP contribution in [0, 0.1) is 34.5 Å². The highest BCUT2D eigenvalue weighted by Crippen LogP contribution is 2.53. The standard InChI is InChI=1S/C29H43N5O6S.C25H39N3O4S.C24H38N4O4S.C10H15N3O4S/c1-27(2,3)39-25(35)31-41(37,38)33-19-29(20-33,14-15-30)32-16-12-22(13-17-32)34(26(36)40-28(4,5)6)24-18-23(24)21-10-8-7-9-11-21;1-5-25(17-28(18-25)33(30,31)26-23(29)32-24(2,3)4)27-13-11-19(12-14-27)15-21-16-22(21)20-9-7-6-8-10-20;1-5-24(16-27(17-24)33(25,30)31)26-13-11-19(12-14-26)28(22(29)32-23(2,3)4)21-15-20(21)18-9-7-6-8-10-18;1-10(2,3)17-9(14)12-18(15,16)13-6-8(7-13)4-5-11/h7-11,22-24H,12-14,16-20H2,1-6H3,(H,31,35);6-10,19,21-22H,5,11-18H2,1-4H3,(H,26,29);6-10,19-21H,5,11-17H2,1-4H3,(H2,25,30,31);4H,6-7H2,1-3H3,(H,12,14)/t23-,24+;21-,22+;20-,21+;/m010./s1. The van der Waals surface area contributed by atoms with E-state index in [1.807, 2.05) is 86.4 Å². The summed E-state index contributed by atoms with van der Waals surface area (Å²) in [5.41, 5.74) is 0.259. The molecule has 7 heterocycles. The molecule has 33 nitrogen and oxygen atoms in total. The van der Waals surface area contributed by atoms with Crippen molar-refractivity contribution in [3.05, 3.63) is 119 Å². The van der Waals surface area contributed by atoms with Crippen molar-refractivity contribution in [2.45, 2.75) is 288 Å². The van der Waals surface area contributed by atoms with E-state index in [0.29, 0.717) is 63.6 Å². The van der Waals surface area contributed by atoms with E-state index in [1.165, 1.54) is 61.4 Å². The van der Waals surface area contributed by atoms with Crippen LogP contribution >= 0.6 is 0 Å². The number of carbonyl (C=O) groups is 5. The maximum atomic E-state index is 13.4. The number of piperidine rings is 3. The van der Waals surface area contributed by atoms with Crippen LogP contribution in [-0.4, -0.2) is 266 Å². The molecule has 3 saturated carbocycles. The van der Waals surface area contributed by atoms with Gasteiger partial charge in [0.15, 0.2) is 0 Å². The second kappa shape index (κ2) is 39.3. The van der Waals surface area contributed by atoms with E-state index in [0.717, 1.165) is 86.8 Å². The summed E-state index contributed by atoms with van der Waals surface area (Å²) in [5, 5.41) is 23.3. The van der Waals surface area contributed by atoms with Crippen molar-refractivity contribution in [3.8, 4) is 12.1 Å². The van der Waals surface area contributed by atoms with Crippen LogP contribution in [-0.2, 0) is 64.5 Å². The molecule has 10 fully saturated rings. The lowest BCUT2D eigenvalue weighted by molar-refractivity contribution is -0.0455. The van der Waals surface area contributed by atoms with Crippen LogP contribution in [0.5, 0.6) is 0 Å². The first kappa shape index (κ1) is 99.4. The summed E-state index contributed by atoms with van der Waals surface area (Å²) < 4.78 is 135. The zero-order valence-corrected chi connectivity index (χ0v) is 79.3. The normalized spacial score (nSPS) is 24.0. The van der Waals surface area contributed by atoms with Gasteiger partial charge in [0.05, 0.1) is 24.1 Å². The summed E-state index contributed by atoms with van der Waals surface area (Å²) in [7, 11) is -15.5. The van der Waals surface area contributed by atoms with Gasteiger partial charge in [0.1, 0.15) is 28.0 Å². The van der Waals surface area contributed by atoms with Crippen LogP contribution in [0.1, 0.15) is 236 Å². The molecule has 5 N–H and O–H groups in total. The number of hydrogen-bond donors (Lipinski definition) is 4. The van der Waals surface area contributed by atoms with Gasteiger partial charge in [-0.25, -0.2) is 43.3 Å². The second-order valence-electron chi connectivity index (χ2n) is 40.1. The Kier molecular flexibility index (Phi) is 31.2. The number of nitrogens with zero attached hydrogens (tertiary/aromatic N) is 11. The Bertz CT molecular complexity index is 4820. The van der Waals surface area contributed by atoms with E-state index in [2.05, 4.69) is 106 Å². The Balaban J connectivity index is 0.000000180. The molecule has 0 unspecified atom stereocenters. The molecule has 6 atom stereocenters. The van der Waals surface area contributed by atoms with Crippen molar-refractivity contribution in [1.29, 1.82) is 10.5 Å². The number of likely N-dealkylation sites (tertiary alicyclic amines) is 3. The van der Waals surface area contributed by atoms with Crippen molar-refractivity contribution in [2.75, 3.05) is 91.6 Å². The minimum Gasteiger partial charge on any atom is -0.444 e. The van der Waals surface area contributed by atoms with Crippen LogP contribution < -0.4 is 19.3 Å². The topological polar surface area (TPSA) is 407 Å². The molecule has 0 aromatic heterocycles. The highest BCUT2D eigenvalue weighted by atomic mass is 32.2. The molecule has 3 aliphatic carbocycles. The molecule has 13 rings (SSSR count). The third kappa shape index (κ3) is 26.9. The van der Waals surface area contributed by atoms with E-state index in [-0.39, 0.29) is 85.9 Å². The summed E-state index contributed by atoms with van der Waals surface area (Å²) in [6.07, 6.45) is 9.65. The van der Waals surface area contributed by atoms with Crippen LogP contribution in [0.2, 0.25) is 0 Å². The van der Waals surface area contributed by atoms with Crippen molar-refractivity contribution >= 4 is 71.3 Å². The van der Waals surface area contributed by atoms with Crippen LogP contribution in [0.25, 0.3) is 0 Å². The van der Waals surface area contributed by atoms with Gasteiger partial charge in [-0.15, -0.1) is 0 Å². The zero-order chi connectivity index (χ0) is 92.1. The molecular formula is C88H135N15O18S4. The first-order valence-corrected chi connectivity index (χ1v) is 49.6. The maximum Gasteiger partial charge on any atom is 0.422 e. The highest BCUT2D eigenvalue weighted by molar-refractivity contribution is 7.88. The Morgan fingerprint density at radius 1 is 0.448 bits per heavy atom. The lowest BCUT2D eigenvalue weighted by Gasteiger charge is -2.56. The van der Waals surface area contributed by atoms with E-state index in [4.69, 9.17) is 34.1 Å². The molecule has 7 aliphatic heterocycles. The predicted octanol–water partition coefficient (Wildman–Crippen LogP) is 11.5. The Hall–Kier alpha value is -7.79. The van der Waals surface area contributed by atoms with E-state index in [9.17, 15) is 62.9 Å². The van der Waals surface area contributed by atoms with E-state index < -0.39 is 92.7 Å². The molecule has 3 aromatic rings. The van der Waals surface area contributed by atoms with Gasteiger partial charge in [0.25, 0.3) is 10.2 Å². The number of carbonyl (C=O) groups excluding carboxylic acids is 5. The minimum absolute atomic E-state index is 0.0207. The number of rotatable bonds is 22. The van der Waals surface area contributed by atoms with Gasteiger partial charge < -0.3 is 33.5 Å². The number of amides is 5. The van der Waals surface area contributed by atoms with E-state index >= 15 is 0 Å². The highest BCUT2D eigenvalue weighted by Gasteiger charge is 2.58. The summed E-state index contributed by atoms with van der Waals surface area (Å²) in [5.74, 6) is 2.97. The molecule has 0 bridgehead atoms. The van der Waals surface area contributed by atoms with Crippen LogP contribution in [0.3, 0.4) is 0 Å². The number of nitrogens with one attached hydrogen (secondary N) is 3. The lowest BCUT2D eigenvalue weighted by atomic mass is 9.82. The van der Waals surface area contributed by atoms with Crippen molar-refractivity contribution in [2.24, 2.45) is 17.0 Å². The summed E-state index contributed by atoms with van der Waals surface area (Å²) in [6.45, 7) is 37.6. The molecule has 10 aliphatic rings. The Labute approximate surface area is 742 Å². The molecular weight excluding hydrogens is 1680 g/mol. The largest absolute Gasteiger partial charge is 0.444 e. The Morgan fingerprint density at radius 3 is 1.08 bits per heavy atom. The van der Waals surface area contributed by atoms with Gasteiger partial charge in [0.2, 0.25) is 0 Å². The summed E-state index contributed by atoms with van der Waals surface area (Å²) >= 11 is 0. The minimum atomic E-state index is -4.11. The Morgan fingerprint density at radius 2 is 0.760 bits per heavy atom. The van der Waals surface area contributed by atoms with Gasteiger partial charge in [-0.05, 0) is 234 Å². The smallest absolute Gasteiger partial charge is 0.422 e. The molecule has 694 valence electrons. The molecule has 3 aromatic carbocycles. The van der Waals surface area contributed by atoms with Crippen LogP contribution in [0.4, 0.5) is 24.0 Å². The fraction of sp³-hybridized carbons (Fsp3) is 0.693. The van der Waals surface area contributed by atoms with Crippen molar-refractivity contribution in [1.82, 2.24) is 55.9 Å². The first-order valence-electron chi connectivity index (χ1n) is 43.8. The number of ether oxygens (including phenoxy) is 5. The number of benzene rings is 3. The van der Waals surface area contributed by atoms with Gasteiger partial charge >= 0.3 is 61.1 Å². The predicted molar refractivity (Wildman–Crippen MR) is 474 cm³/mol. The van der Waals surface area contributed by atoms with E-state index in [1.54, 1.807) is 67.0 Å². The number of hydrogen-bond acceptors (Lipinski definition) is 23. The second-order valence-corrected chi connectivity index (χ2v) is 46.7. The van der Waals surface area contributed by atoms with Crippen LogP contribution in [0.15, 0.2) is 103 Å². The quantitative estimate of drug-likeness (QED) is 0.0536. The number of allylic oxidation sites excluding steroid dienone is 1. The fourth-order valence-electron chi connectivity index (χ4n) is 18.1. The molecule has 125 heavy (non-hydrogen) atoms. The zero-order valence-electron chi connectivity index (χ0n) is 76.0. The molecule has 5 amide bonds. The molecule has 0 spiro atoms. The van der Waals surface area contributed by atoms with Crippen molar-refractivity contribution < 1.29 is 81.3 Å². The molecule has 0 radical (unpaired) electrons. The number of nitrogens with two attached hydrogens (primary N) is 1. The van der Waals surface area contributed by atoms with Gasteiger partial charge in [0, 0.05) is 132 Å². The van der Waals surface area contributed by atoms with Crippen molar-refractivity contribution in [3.63, 3.8) is 0 Å². The summed E-state index contributed by atoms with van der Waals surface area (Å²) in [6, 6.07) is 35.9. The maximum absolute atomic E-state index is 13.4. The first-order chi connectivity index (χ1) is 58.1. The molecule has 37 heteroatoms. The fourth-order valence-corrected chi connectivity index (χ4v) is 22.4.